The van der Waals surface area contributed by atoms with E-state index in [9.17, 15) is 5.11 Å². The molecule has 1 N–H and O–H groups in total. The van der Waals surface area contributed by atoms with Gasteiger partial charge in [-0.15, -0.1) is 0 Å². The van der Waals surface area contributed by atoms with Gasteiger partial charge >= 0.3 is 0 Å². The number of hydrogen-bond acceptors (Lipinski definition) is 1. The normalized spacial score (nSPS) is 9.19. The molecule has 2 aromatic rings. The maximum absolute atomic E-state index is 9.18. The molecule has 0 bridgehead atoms. The third-order valence-corrected chi connectivity index (χ3v) is 3.30. The van der Waals surface area contributed by atoms with E-state index in [1.807, 2.05) is 56.3 Å². The van der Waals surface area contributed by atoms with Gasteiger partial charge in [-0.25, -0.2) is 0 Å². The zero-order valence-electron chi connectivity index (χ0n) is 9.44. The predicted molar refractivity (Wildman–Crippen MR) is 71.7 cm³/mol. The SMILES string of the molecule is Cc1ccc(O)c(Br)c1C.c1ccccc1. The average Bonchev–Trinajstić information content (AvgIpc) is 2.35. The molecule has 0 amide bonds. The van der Waals surface area contributed by atoms with E-state index in [-0.39, 0.29) is 0 Å². The molecule has 0 spiro atoms. The molecule has 0 unspecified atom stereocenters. The van der Waals surface area contributed by atoms with Crippen LogP contribution >= 0.6 is 15.9 Å². The van der Waals surface area contributed by atoms with Crippen molar-refractivity contribution >= 4 is 15.9 Å². The van der Waals surface area contributed by atoms with Crippen LogP contribution in [-0.4, -0.2) is 5.11 Å². The van der Waals surface area contributed by atoms with Gasteiger partial charge in [-0.2, -0.15) is 0 Å². The molecule has 0 aliphatic carbocycles. The molecule has 0 fully saturated rings. The molecule has 0 heterocycles. The average molecular weight is 279 g/mol. The van der Waals surface area contributed by atoms with Crippen LogP contribution in [0, 0.1) is 13.8 Å². The number of benzene rings is 2. The second kappa shape index (κ2) is 6.33. The van der Waals surface area contributed by atoms with Crippen molar-refractivity contribution in [3.05, 3.63) is 64.1 Å². The van der Waals surface area contributed by atoms with Crippen molar-refractivity contribution < 1.29 is 5.11 Å². The van der Waals surface area contributed by atoms with Crippen molar-refractivity contribution in [2.45, 2.75) is 13.8 Å². The van der Waals surface area contributed by atoms with Crippen LogP contribution in [0.15, 0.2) is 53.0 Å². The first-order valence-corrected chi connectivity index (χ1v) is 5.87. The summed E-state index contributed by atoms with van der Waals surface area (Å²) in [6, 6.07) is 15.6. The summed E-state index contributed by atoms with van der Waals surface area (Å²) < 4.78 is 0.799. The standard InChI is InChI=1S/C8H9BrO.C6H6/c1-5-3-4-7(10)8(9)6(5)2;1-2-4-6-5-3-1/h3-4,10H,1-2H3;1-6H. The Hall–Kier alpha value is -1.28. The minimum Gasteiger partial charge on any atom is -0.507 e. The van der Waals surface area contributed by atoms with E-state index in [2.05, 4.69) is 15.9 Å². The highest BCUT2D eigenvalue weighted by molar-refractivity contribution is 9.10. The topological polar surface area (TPSA) is 20.2 Å². The molecule has 0 aliphatic heterocycles. The molecule has 0 saturated heterocycles. The van der Waals surface area contributed by atoms with E-state index in [1.165, 1.54) is 5.56 Å². The van der Waals surface area contributed by atoms with Crippen LogP contribution < -0.4 is 0 Å². The highest BCUT2D eigenvalue weighted by atomic mass is 79.9. The molecule has 0 saturated carbocycles. The van der Waals surface area contributed by atoms with Crippen LogP contribution in [0.4, 0.5) is 0 Å². The summed E-state index contributed by atoms with van der Waals surface area (Å²) in [4.78, 5) is 0. The number of rotatable bonds is 0. The number of aromatic hydroxyl groups is 1. The Morgan fingerprint density at radius 2 is 1.31 bits per heavy atom. The summed E-state index contributed by atoms with van der Waals surface area (Å²) >= 11 is 3.28. The fourth-order valence-electron chi connectivity index (χ4n) is 1.15. The van der Waals surface area contributed by atoms with Gasteiger partial charge in [0.05, 0.1) is 4.47 Å². The largest absolute Gasteiger partial charge is 0.507 e. The van der Waals surface area contributed by atoms with Gasteiger partial charge in [-0.3, -0.25) is 0 Å². The van der Waals surface area contributed by atoms with Gasteiger partial charge in [-0.05, 0) is 47.0 Å². The lowest BCUT2D eigenvalue weighted by Gasteiger charge is -2.03. The van der Waals surface area contributed by atoms with Gasteiger partial charge < -0.3 is 5.11 Å². The van der Waals surface area contributed by atoms with Crippen LogP contribution in [0.2, 0.25) is 0 Å². The zero-order valence-corrected chi connectivity index (χ0v) is 11.0. The summed E-state index contributed by atoms with van der Waals surface area (Å²) in [7, 11) is 0. The Balaban J connectivity index is 0.000000181. The maximum atomic E-state index is 9.18. The summed E-state index contributed by atoms with van der Waals surface area (Å²) in [5.41, 5.74) is 2.28. The van der Waals surface area contributed by atoms with Crippen LogP contribution in [0.5, 0.6) is 5.75 Å². The van der Waals surface area contributed by atoms with Crippen LogP contribution in [0.25, 0.3) is 0 Å². The quantitative estimate of drug-likeness (QED) is 0.755. The van der Waals surface area contributed by atoms with Crippen molar-refractivity contribution in [2.24, 2.45) is 0 Å². The number of hydrogen-bond donors (Lipinski definition) is 1. The van der Waals surface area contributed by atoms with Crippen LogP contribution in [0.3, 0.4) is 0 Å². The van der Waals surface area contributed by atoms with Gasteiger partial charge in [0.2, 0.25) is 0 Å². The van der Waals surface area contributed by atoms with Crippen LogP contribution in [-0.2, 0) is 0 Å². The van der Waals surface area contributed by atoms with Crippen molar-refractivity contribution in [1.82, 2.24) is 0 Å². The molecular formula is C14H15BrO. The molecule has 2 heteroatoms. The highest BCUT2D eigenvalue weighted by Crippen LogP contribution is 2.28. The molecule has 84 valence electrons. The van der Waals surface area contributed by atoms with Gasteiger partial charge in [0.15, 0.2) is 0 Å². The smallest absolute Gasteiger partial charge is 0.130 e. The summed E-state index contributed by atoms with van der Waals surface area (Å²) in [5.74, 6) is 0.308. The summed E-state index contributed by atoms with van der Waals surface area (Å²) in [5, 5.41) is 9.18. The lowest BCUT2D eigenvalue weighted by Crippen LogP contribution is -1.81. The molecule has 2 rings (SSSR count). The molecule has 0 radical (unpaired) electrons. The molecule has 16 heavy (non-hydrogen) atoms. The first-order valence-electron chi connectivity index (χ1n) is 5.07. The van der Waals surface area contributed by atoms with E-state index in [1.54, 1.807) is 6.07 Å². The van der Waals surface area contributed by atoms with E-state index in [0.717, 1.165) is 10.0 Å². The Morgan fingerprint density at radius 1 is 0.875 bits per heavy atom. The lowest BCUT2D eigenvalue weighted by molar-refractivity contribution is 0.471. The van der Waals surface area contributed by atoms with E-state index in [4.69, 9.17) is 0 Å². The first-order chi connectivity index (χ1) is 7.63. The fourth-order valence-corrected chi connectivity index (χ4v) is 1.60. The second-order valence-electron chi connectivity index (χ2n) is 3.50. The first kappa shape index (κ1) is 12.8. The fraction of sp³-hybridized carbons (Fsp3) is 0.143. The summed E-state index contributed by atoms with van der Waals surface area (Å²) in [6.45, 7) is 3.98. The maximum Gasteiger partial charge on any atom is 0.130 e. The molecule has 2 aromatic carbocycles. The third-order valence-electron chi connectivity index (χ3n) is 2.30. The Labute approximate surface area is 105 Å². The van der Waals surface area contributed by atoms with Gasteiger partial charge in [0.25, 0.3) is 0 Å². The Bertz CT molecular complexity index is 384. The second-order valence-corrected chi connectivity index (χ2v) is 4.29. The van der Waals surface area contributed by atoms with Gasteiger partial charge in [-0.1, -0.05) is 42.5 Å². The third kappa shape index (κ3) is 3.70. The van der Waals surface area contributed by atoms with Gasteiger partial charge in [0.1, 0.15) is 5.75 Å². The number of phenolic OH excluding ortho intramolecular Hbond substituents is 1. The van der Waals surface area contributed by atoms with E-state index >= 15 is 0 Å². The van der Waals surface area contributed by atoms with E-state index < -0.39 is 0 Å². The van der Waals surface area contributed by atoms with Crippen molar-refractivity contribution in [1.29, 1.82) is 0 Å². The predicted octanol–water partition coefficient (Wildman–Crippen LogP) is 4.46. The van der Waals surface area contributed by atoms with E-state index in [0.29, 0.717) is 5.75 Å². The molecule has 0 atom stereocenters. The Morgan fingerprint density at radius 3 is 1.69 bits per heavy atom. The van der Waals surface area contributed by atoms with Gasteiger partial charge in [0, 0.05) is 0 Å². The van der Waals surface area contributed by atoms with Crippen molar-refractivity contribution in [3.8, 4) is 5.75 Å². The van der Waals surface area contributed by atoms with Crippen molar-refractivity contribution in [3.63, 3.8) is 0 Å². The minimum atomic E-state index is 0.308. The molecule has 1 nitrogen and oxygen atoms in total. The molecule has 0 aromatic heterocycles. The minimum absolute atomic E-state index is 0.308. The molecular weight excluding hydrogens is 264 g/mol. The zero-order chi connectivity index (χ0) is 12.0. The van der Waals surface area contributed by atoms with Crippen LogP contribution in [0.1, 0.15) is 11.1 Å². The summed E-state index contributed by atoms with van der Waals surface area (Å²) in [6.07, 6.45) is 0. The Kier molecular flexibility index (Phi) is 5.06. The number of aryl methyl sites for hydroxylation is 1. The highest BCUT2D eigenvalue weighted by Gasteiger charge is 2.01. The van der Waals surface area contributed by atoms with Crippen molar-refractivity contribution in [2.75, 3.05) is 0 Å². The lowest BCUT2D eigenvalue weighted by atomic mass is 10.1. The molecule has 0 aliphatic rings. The monoisotopic (exact) mass is 278 g/mol. The number of halogens is 1. The number of phenols is 1.